The van der Waals surface area contributed by atoms with Gasteiger partial charge in [-0.1, -0.05) is 32.0 Å². The van der Waals surface area contributed by atoms with Crippen LogP contribution in [0.5, 0.6) is 0 Å². The van der Waals surface area contributed by atoms with Gasteiger partial charge in [0.15, 0.2) is 0 Å². The highest BCUT2D eigenvalue weighted by atomic mass is 16.1. The summed E-state index contributed by atoms with van der Waals surface area (Å²) in [5.74, 6) is 0. The van der Waals surface area contributed by atoms with E-state index in [0.29, 0.717) is 0 Å². The van der Waals surface area contributed by atoms with Crippen LogP contribution in [0.15, 0.2) is 30.3 Å². The summed E-state index contributed by atoms with van der Waals surface area (Å²) < 4.78 is 0. The number of carbonyl (C=O) groups excluding carboxylic acids is 2. The van der Waals surface area contributed by atoms with Crippen molar-refractivity contribution in [1.82, 2.24) is 0 Å². The minimum absolute atomic E-state index is 1.16. The number of para-hydroxylation sites is 1. The molecule has 0 aliphatic heterocycles. The van der Waals surface area contributed by atoms with Crippen LogP contribution in [0.2, 0.25) is 0 Å². The highest BCUT2D eigenvalue weighted by molar-refractivity contribution is 5.41. The first-order valence-corrected chi connectivity index (χ1v) is 4.24. The van der Waals surface area contributed by atoms with E-state index in [4.69, 9.17) is 9.59 Å². The summed E-state index contributed by atoms with van der Waals surface area (Å²) in [4.78, 5) is 16.0. The molecule has 3 nitrogen and oxygen atoms in total. The molecule has 14 heavy (non-hydrogen) atoms. The molecule has 0 amide bonds. The molecule has 0 bridgehead atoms. The molecular weight excluding hydrogens is 178 g/mol. The standard InChI is InChI=1S/C7H9N.C2H6.2CH2O/c1-8-7-5-3-2-4-6-7;3*1-2/h2-6,8H,1H3;1-2H3;2*1H2. The number of nitrogens with one attached hydrogen (secondary N) is 1. The molecule has 1 aromatic carbocycles. The third kappa shape index (κ3) is 13.0. The van der Waals surface area contributed by atoms with Gasteiger partial charge in [0.25, 0.3) is 0 Å². The Labute approximate surface area is 86.1 Å². The van der Waals surface area contributed by atoms with Crippen molar-refractivity contribution in [2.45, 2.75) is 13.8 Å². The monoisotopic (exact) mass is 197 g/mol. The molecule has 80 valence electrons. The van der Waals surface area contributed by atoms with Gasteiger partial charge in [-0.15, -0.1) is 0 Å². The molecule has 3 heteroatoms. The van der Waals surface area contributed by atoms with E-state index >= 15 is 0 Å². The van der Waals surface area contributed by atoms with Crippen LogP contribution >= 0.6 is 0 Å². The summed E-state index contributed by atoms with van der Waals surface area (Å²) in [6.45, 7) is 8.00. The van der Waals surface area contributed by atoms with Crippen molar-refractivity contribution in [1.29, 1.82) is 0 Å². The van der Waals surface area contributed by atoms with Crippen LogP contribution in [0.4, 0.5) is 5.69 Å². The van der Waals surface area contributed by atoms with Gasteiger partial charge in [-0.2, -0.15) is 0 Å². The van der Waals surface area contributed by atoms with E-state index in [1.54, 1.807) is 0 Å². The zero-order valence-electron chi connectivity index (χ0n) is 9.12. The van der Waals surface area contributed by atoms with E-state index in [0.717, 1.165) is 5.69 Å². The molecule has 0 saturated carbocycles. The van der Waals surface area contributed by atoms with Gasteiger partial charge < -0.3 is 14.9 Å². The molecular formula is C11H19NO2. The van der Waals surface area contributed by atoms with Crippen LogP contribution in [0.1, 0.15) is 13.8 Å². The SMILES string of the molecule is C=O.C=O.CC.CNc1ccccc1. The second-order valence-electron chi connectivity index (χ2n) is 1.62. The molecule has 0 spiro atoms. The van der Waals surface area contributed by atoms with Crippen LogP contribution in [-0.2, 0) is 9.59 Å². The number of rotatable bonds is 1. The maximum atomic E-state index is 8.00. The Bertz CT molecular complexity index is 176. The molecule has 0 radical (unpaired) electrons. The van der Waals surface area contributed by atoms with E-state index in [9.17, 15) is 0 Å². The fourth-order valence-electron chi connectivity index (χ4n) is 0.605. The highest BCUT2D eigenvalue weighted by Gasteiger charge is 1.77. The summed E-state index contributed by atoms with van der Waals surface area (Å²) in [6, 6.07) is 10.1. The van der Waals surface area contributed by atoms with Crippen LogP contribution in [0.3, 0.4) is 0 Å². The lowest BCUT2D eigenvalue weighted by atomic mass is 10.3. The molecule has 0 aromatic heterocycles. The van der Waals surface area contributed by atoms with Gasteiger partial charge in [-0.25, -0.2) is 0 Å². The molecule has 0 unspecified atom stereocenters. The zero-order valence-corrected chi connectivity index (χ0v) is 9.12. The van der Waals surface area contributed by atoms with Crippen molar-refractivity contribution < 1.29 is 9.59 Å². The minimum Gasteiger partial charge on any atom is -0.388 e. The van der Waals surface area contributed by atoms with E-state index in [-0.39, 0.29) is 0 Å². The number of carbonyl (C=O) groups is 2. The minimum atomic E-state index is 1.16. The van der Waals surface area contributed by atoms with Crippen molar-refractivity contribution in [2.75, 3.05) is 12.4 Å². The van der Waals surface area contributed by atoms with Gasteiger partial charge in [0.2, 0.25) is 0 Å². The molecule has 0 heterocycles. The smallest absolute Gasteiger partial charge is 0.106 e. The summed E-state index contributed by atoms with van der Waals surface area (Å²) in [5.41, 5.74) is 1.16. The normalized spacial score (nSPS) is 5.93. The lowest BCUT2D eigenvalue weighted by Crippen LogP contribution is -1.84. The number of anilines is 1. The third-order valence-electron chi connectivity index (χ3n) is 1.06. The van der Waals surface area contributed by atoms with Crippen LogP contribution in [-0.4, -0.2) is 20.6 Å². The van der Waals surface area contributed by atoms with Crippen molar-refractivity contribution >= 4 is 19.3 Å². The van der Waals surface area contributed by atoms with Gasteiger partial charge in [0.1, 0.15) is 13.6 Å². The van der Waals surface area contributed by atoms with Gasteiger partial charge in [-0.3, -0.25) is 0 Å². The Morgan fingerprint density at radius 2 is 1.29 bits per heavy atom. The summed E-state index contributed by atoms with van der Waals surface area (Å²) in [5, 5.41) is 3.03. The predicted molar refractivity (Wildman–Crippen MR) is 61.6 cm³/mol. The van der Waals surface area contributed by atoms with Crippen molar-refractivity contribution in [2.24, 2.45) is 0 Å². The molecule has 1 rings (SSSR count). The van der Waals surface area contributed by atoms with Crippen LogP contribution in [0, 0.1) is 0 Å². The van der Waals surface area contributed by atoms with E-state index < -0.39 is 0 Å². The molecule has 0 atom stereocenters. The van der Waals surface area contributed by atoms with Crippen molar-refractivity contribution in [3.63, 3.8) is 0 Å². The summed E-state index contributed by atoms with van der Waals surface area (Å²) >= 11 is 0. The topological polar surface area (TPSA) is 46.2 Å². The van der Waals surface area contributed by atoms with E-state index in [2.05, 4.69) is 5.32 Å². The van der Waals surface area contributed by atoms with Gasteiger partial charge in [0, 0.05) is 12.7 Å². The molecule has 0 fully saturated rings. The number of hydrogen-bond acceptors (Lipinski definition) is 3. The van der Waals surface area contributed by atoms with Crippen LogP contribution in [0.25, 0.3) is 0 Å². The molecule has 0 aliphatic carbocycles. The Hall–Kier alpha value is -1.64. The lowest BCUT2D eigenvalue weighted by molar-refractivity contribution is -0.0987. The van der Waals surface area contributed by atoms with Crippen molar-refractivity contribution in [3.05, 3.63) is 30.3 Å². The lowest BCUT2D eigenvalue weighted by Gasteiger charge is -1.94. The maximum absolute atomic E-state index is 8.00. The first kappa shape index (κ1) is 18.2. The van der Waals surface area contributed by atoms with E-state index in [1.165, 1.54) is 0 Å². The fourth-order valence-corrected chi connectivity index (χ4v) is 0.605. The number of hydrogen-bond donors (Lipinski definition) is 1. The Kier molecular flexibility index (Phi) is 29.3. The predicted octanol–water partition coefficient (Wildman–Crippen LogP) is 2.38. The van der Waals surface area contributed by atoms with Crippen LogP contribution < -0.4 is 5.32 Å². The maximum Gasteiger partial charge on any atom is 0.106 e. The fraction of sp³-hybridized carbons (Fsp3) is 0.273. The average Bonchev–Trinajstić information content (AvgIpc) is 2.37. The van der Waals surface area contributed by atoms with E-state index in [1.807, 2.05) is 64.8 Å². The largest absolute Gasteiger partial charge is 0.388 e. The second kappa shape index (κ2) is 22.5. The Balaban J connectivity index is -0.000000174. The summed E-state index contributed by atoms with van der Waals surface area (Å²) in [7, 11) is 1.91. The summed E-state index contributed by atoms with van der Waals surface area (Å²) in [6.07, 6.45) is 0. The Morgan fingerprint density at radius 1 is 0.929 bits per heavy atom. The third-order valence-corrected chi connectivity index (χ3v) is 1.06. The zero-order chi connectivity index (χ0) is 11.8. The quantitative estimate of drug-likeness (QED) is 0.751. The molecule has 1 N–H and O–H groups in total. The molecule has 1 aromatic rings. The highest BCUT2D eigenvalue weighted by Crippen LogP contribution is 2.01. The van der Waals surface area contributed by atoms with Gasteiger partial charge >= 0.3 is 0 Å². The first-order chi connectivity index (χ1) is 6.93. The molecule has 0 aliphatic rings. The average molecular weight is 197 g/mol. The Morgan fingerprint density at radius 3 is 1.50 bits per heavy atom. The number of benzene rings is 1. The molecule has 0 saturated heterocycles. The van der Waals surface area contributed by atoms with Gasteiger partial charge in [-0.05, 0) is 12.1 Å². The van der Waals surface area contributed by atoms with Gasteiger partial charge in [0.05, 0.1) is 0 Å². The van der Waals surface area contributed by atoms with Crippen molar-refractivity contribution in [3.8, 4) is 0 Å². The second-order valence-corrected chi connectivity index (χ2v) is 1.62. The first-order valence-electron chi connectivity index (χ1n) is 4.24.